The molecule has 2 aromatic rings. The Hall–Kier alpha value is -2.76. The van der Waals surface area contributed by atoms with Crippen LogP contribution in [0.3, 0.4) is 0 Å². The van der Waals surface area contributed by atoms with Crippen LogP contribution in [0.2, 0.25) is 0 Å². The summed E-state index contributed by atoms with van der Waals surface area (Å²) in [5.41, 5.74) is 1.81. The van der Waals surface area contributed by atoms with Crippen molar-refractivity contribution in [2.45, 2.75) is 13.0 Å². The number of benzene rings is 1. The second-order valence-electron chi connectivity index (χ2n) is 4.71. The highest BCUT2D eigenvalue weighted by Gasteiger charge is 2.12. The molecule has 1 amide bonds. The number of aromatic nitrogens is 2. The Kier molecular flexibility index (Phi) is 3.59. The summed E-state index contributed by atoms with van der Waals surface area (Å²) < 4.78 is 10.5. The van der Waals surface area contributed by atoms with Gasteiger partial charge in [0.15, 0.2) is 11.5 Å². The molecule has 0 spiro atoms. The van der Waals surface area contributed by atoms with Gasteiger partial charge in [-0.25, -0.2) is 0 Å². The van der Waals surface area contributed by atoms with Gasteiger partial charge in [0, 0.05) is 17.8 Å². The van der Waals surface area contributed by atoms with Crippen molar-refractivity contribution in [1.29, 1.82) is 0 Å². The third-order valence-corrected chi connectivity index (χ3v) is 3.20. The van der Waals surface area contributed by atoms with E-state index in [0.29, 0.717) is 5.75 Å². The fourth-order valence-electron chi connectivity index (χ4n) is 2.03. The fraction of sp³-hybridized carbons (Fsp3) is 0.200. The highest BCUT2D eigenvalue weighted by Crippen LogP contribution is 2.32. The first kappa shape index (κ1) is 13.2. The molecule has 1 aromatic carbocycles. The summed E-state index contributed by atoms with van der Waals surface area (Å²) in [4.78, 5) is 11.9. The van der Waals surface area contributed by atoms with Crippen molar-refractivity contribution >= 4 is 12.0 Å². The van der Waals surface area contributed by atoms with Gasteiger partial charge in [-0.3, -0.25) is 9.89 Å². The molecule has 0 radical (unpaired) electrons. The van der Waals surface area contributed by atoms with Crippen LogP contribution in [-0.2, 0) is 4.79 Å². The number of fused-ring (bicyclic) bond motifs is 1. The van der Waals surface area contributed by atoms with Crippen LogP contribution < -0.4 is 14.8 Å². The summed E-state index contributed by atoms with van der Waals surface area (Å²) in [6.45, 7) is 2.14. The summed E-state index contributed by atoms with van der Waals surface area (Å²) in [5.74, 6) is 1.26. The fourth-order valence-corrected chi connectivity index (χ4v) is 2.03. The second kappa shape index (κ2) is 5.70. The average molecular weight is 285 g/mol. The molecule has 21 heavy (non-hydrogen) atoms. The molecule has 0 fully saturated rings. The molecule has 3 rings (SSSR count). The highest BCUT2D eigenvalue weighted by atomic mass is 16.7. The van der Waals surface area contributed by atoms with Gasteiger partial charge < -0.3 is 14.8 Å². The number of ether oxygens (including phenoxy) is 2. The Morgan fingerprint density at radius 2 is 2.29 bits per heavy atom. The standard InChI is InChI=1S/C15H15N3O3/c1-10(12-7-16-17-8-12)18-15(19)5-3-11-2-4-13-14(6-11)21-9-20-13/h2-8,10H,9H2,1H3,(H,16,17)(H,18,19)/b5-3+. The van der Waals surface area contributed by atoms with E-state index in [9.17, 15) is 4.79 Å². The minimum absolute atomic E-state index is 0.0994. The number of hydrogen-bond donors (Lipinski definition) is 2. The van der Waals surface area contributed by atoms with Gasteiger partial charge in [-0.05, 0) is 30.7 Å². The molecule has 0 saturated carbocycles. The molecule has 2 N–H and O–H groups in total. The lowest BCUT2D eigenvalue weighted by Gasteiger charge is -2.09. The lowest BCUT2D eigenvalue weighted by atomic mass is 10.1. The third kappa shape index (κ3) is 3.05. The Bertz CT molecular complexity index is 665. The molecule has 2 heterocycles. The predicted octanol–water partition coefficient (Wildman–Crippen LogP) is 2.03. The molecular formula is C15H15N3O3. The number of rotatable bonds is 4. The minimum atomic E-state index is -0.165. The van der Waals surface area contributed by atoms with Gasteiger partial charge in [-0.1, -0.05) is 6.07 Å². The average Bonchev–Trinajstić information content (AvgIpc) is 3.15. The maximum absolute atomic E-state index is 11.9. The van der Waals surface area contributed by atoms with Crippen molar-refractivity contribution in [2.75, 3.05) is 6.79 Å². The maximum Gasteiger partial charge on any atom is 0.244 e. The molecule has 1 aromatic heterocycles. The first-order valence-corrected chi connectivity index (χ1v) is 6.59. The van der Waals surface area contributed by atoms with Gasteiger partial charge >= 0.3 is 0 Å². The van der Waals surface area contributed by atoms with Crippen molar-refractivity contribution in [3.8, 4) is 11.5 Å². The molecule has 0 bridgehead atoms. The largest absolute Gasteiger partial charge is 0.454 e. The van der Waals surface area contributed by atoms with E-state index in [1.54, 1.807) is 18.5 Å². The number of carbonyl (C=O) groups excluding carboxylic acids is 1. The first-order chi connectivity index (χ1) is 10.2. The van der Waals surface area contributed by atoms with Crippen molar-refractivity contribution in [1.82, 2.24) is 15.5 Å². The van der Waals surface area contributed by atoms with Gasteiger partial charge in [0.2, 0.25) is 12.7 Å². The zero-order valence-corrected chi connectivity index (χ0v) is 11.5. The number of carbonyl (C=O) groups is 1. The first-order valence-electron chi connectivity index (χ1n) is 6.59. The lowest BCUT2D eigenvalue weighted by molar-refractivity contribution is -0.117. The number of amides is 1. The van der Waals surface area contributed by atoms with Crippen LogP contribution in [0.25, 0.3) is 6.08 Å². The van der Waals surface area contributed by atoms with Gasteiger partial charge in [-0.2, -0.15) is 5.10 Å². The number of H-pyrrole nitrogens is 1. The van der Waals surface area contributed by atoms with Gasteiger partial charge in [0.25, 0.3) is 0 Å². The van der Waals surface area contributed by atoms with E-state index in [4.69, 9.17) is 9.47 Å². The van der Waals surface area contributed by atoms with Crippen LogP contribution in [0.4, 0.5) is 0 Å². The highest BCUT2D eigenvalue weighted by molar-refractivity contribution is 5.92. The molecule has 108 valence electrons. The van der Waals surface area contributed by atoms with Crippen molar-refractivity contribution < 1.29 is 14.3 Å². The van der Waals surface area contributed by atoms with E-state index in [-0.39, 0.29) is 18.7 Å². The van der Waals surface area contributed by atoms with Crippen molar-refractivity contribution in [3.05, 3.63) is 47.8 Å². The second-order valence-corrected chi connectivity index (χ2v) is 4.71. The van der Waals surface area contributed by atoms with Crippen molar-refractivity contribution in [3.63, 3.8) is 0 Å². The minimum Gasteiger partial charge on any atom is -0.454 e. The van der Waals surface area contributed by atoms with E-state index in [1.165, 1.54) is 6.08 Å². The Balaban J connectivity index is 1.62. The van der Waals surface area contributed by atoms with Crippen LogP contribution in [0.1, 0.15) is 24.1 Å². The van der Waals surface area contributed by atoms with Crippen molar-refractivity contribution in [2.24, 2.45) is 0 Å². The monoisotopic (exact) mass is 285 g/mol. The van der Waals surface area contributed by atoms with Crippen LogP contribution >= 0.6 is 0 Å². The molecule has 1 unspecified atom stereocenters. The van der Waals surface area contributed by atoms with E-state index in [0.717, 1.165) is 16.9 Å². The molecule has 0 aliphatic carbocycles. The third-order valence-electron chi connectivity index (χ3n) is 3.20. The molecule has 1 aliphatic heterocycles. The Morgan fingerprint density at radius 3 is 3.10 bits per heavy atom. The Morgan fingerprint density at radius 1 is 1.43 bits per heavy atom. The lowest BCUT2D eigenvalue weighted by Crippen LogP contribution is -2.24. The molecule has 6 heteroatoms. The van der Waals surface area contributed by atoms with Crippen LogP contribution in [0, 0.1) is 0 Å². The Labute approximate surface area is 121 Å². The van der Waals surface area contributed by atoms with Gasteiger partial charge in [-0.15, -0.1) is 0 Å². The smallest absolute Gasteiger partial charge is 0.244 e. The van der Waals surface area contributed by atoms with Gasteiger partial charge in [0.05, 0.1) is 12.2 Å². The summed E-state index contributed by atoms with van der Waals surface area (Å²) in [5, 5.41) is 9.44. The molecular weight excluding hydrogens is 270 g/mol. The topological polar surface area (TPSA) is 76.2 Å². The zero-order valence-electron chi connectivity index (χ0n) is 11.5. The summed E-state index contributed by atoms with van der Waals surface area (Å²) in [6.07, 6.45) is 6.67. The predicted molar refractivity (Wildman–Crippen MR) is 76.7 cm³/mol. The summed E-state index contributed by atoms with van der Waals surface area (Å²) in [6, 6.07) is 5.44. The SMILES string of the molecule is CC(NC(=O)/C=C/c1ccc2c(c1)OCO2)c1cn[nH]c1. The zero-order chi connectivity index (χ0) is 14.7. The quantitative estimate of drug-likeness (QED) is 0.843. The van der Waals surface area contributed by atoms with Crippen LogP contribution in [-0.4, -0.2) is 22.9 Å². The normalized spacial score (nSPS) is 14.3. The molecule has 1 atom stereocenters. The van der Waals surface area contributed by atoms with E-state index < -0.39 is 0 Å². The van der Waals surface area contributed by atoms with Crippen LogP contribution in [0.15, 0.2) is 36.7 Å². The summed E-state index contributed by atoms with van der Waals surface area (Å²) >= 11 is 0. The number of aromatic amines is 1. The molecule has 1 aliphatic rings. The van der Waals surface area contributed by atoms with Gasteiger partial charge in [0.1, 0.15) is 0 Å². The number of nitrogens with zero attached hydrogens (tertiary/aromatic N) is 1. The van der Waals surface area contributed by atoms with E-state index in [1.807, 2.05) is 25.1 Å². The maximum atomic E-state index is 11.9. The van der Waals surface area contributed by atoms with E-state index >= 15 is 0 Å². The number of nitrogens with one attached hydrogen (secondary N) is 2. The van der Waals surface area contributed by atoms with E-state index in [2.05, 4.69) is 15.5 Å². The van der Waals surface area contributed by atoms with Crippen LogP contribution in [0.5, 0.6) is 11.5 Å². The molecule has 0 saturated heterocycles. The molecule has 6 nitrogen and oxygen atoms in total. The summed E-state index contributed by atoms with van der Waals surface area (Å²) in [7, 11) is 0. The number of hydrogen-bond acceptors (Lipinski definition) is 4.